The number of ether oxygens (including phenoxy) is 1. The molecule has 1 spiro atoms. The molecule has 19 heavy (non-hydrogen) atoms. The van der Waals surface area contributed by atoms with E-state index in [9.17, 15) is 0 Å². The number of piperazine rings is 1. The van der Waals surface area contributed by atoms with E-state index in [0.29, 0.717) is 5.54 Å². The lowest BCUT2D eigenvalue weighted by Gasteiger charge is -2.47. The average molecular weight is 266 g/mol. The molecule has 110 valence electrons. The third-order valence-electron chi connectivity index (χ3n) is 5.33. The van der Waals surface area contributed by atoms with E-state index in [4.69, 9.17) is 4.74 Å². The molecule has 1 unspecified atom stereocenters. The Hall–Kier alpha value is -0.120. The van der Waals surface area contributed by atoms with Crippen LogP contribution < -0.4 is 5.32 Å². The molecule has 2 saturated carbocycles. The van der Waals surface area contributed by atoms with E-state index < -0.39 is 0 Å². The predicted octanol–water partition coefficient (Wildman–Crippen LogP) is 2.41. The fraction of sp³-hybridized carbons (Fsp3) is 1.00. The summed E-state index contributed by atoms with van der Waals surface area (Å²) in [5, 5.41) is 3.92. The molecule has 1 aliphatic heterocycles. The monoisotopic (exact) mass is 266 g/mol. The highest BCUT2D eigenvalue weighted by Gasteiger charge is 2.45. The summed E-state index contributed by atoms with van der Waals surface area (Å²) in [6, 6.07) is 0.813. The van der Waals surface area contributed by atoms with Crippen LogP contribution >= 0.6 is 0 Å². The zero-order chi connectivity index (χ0) is 13.1. The average Bonchev–Trinajstić information content (AvgIpc) is 3.17. The van der Waals surface area contributed by atoms with Gasteiger partial charge in [0.25, 0.3) is 0 Å². The molecule has 0 aromatic heterocycles. The van der Waals surface area contributed by atoms with Gasteiger partial charge in [0.2, 0.25) is 0 Å². The molecule has 3 nitrogen and oxygen atoms in total. The third kappa shape index (κ3) is 3.32. The lowest BCUT2D eigenvalue weighted by Crippen LogP contribution is -2.63. The summed E-state index contributed by atoms with van der Waals surface area (Å²) in [6.45, 7) is 7.65. The topological polar surface area (TPSA) is 24.5 Å². The number of rotatable bonds is 6. The largest absolute Gasteiger partial charge is 0.382 e. The van der Waals surface area contributed by atoms with Gasteiger partial charge in [-0.15, -0.1) is 0 Å². The van der Waals surface area contributed by atoms with Gasteiger partial charge < -0.3 is 10.1 Å². The van der Waals surface area contributed by atoms with Gasteiger partial charge in [0.15, 0.2) is 0 Å². The van der Waals surface area contributed by atoms with Crippen molar-refractivity contribution in [2.75, 3.05) is 32.8 Å². The Morgan fingerprint density at radius 1 is 1.26 bits per heavy atom. The van der Waals surface area contributed by atoms with Gasteiger partial charge in [-0.2, -0.15) is 0 Å². The van der Waals surface area contributed by atoms with Gasteiger partial charge in [-0.3, -0.25) is 4.90 Å². The highest BCUT2D eigenvalue weighted by atomic mass is 16.5. The molecule has 3 rings (SSSR count). The van der Waals surface area contributed by atoms with Crippen LogP contribution in [0.1, 0.15) is 51.9 Å². The molecule has 1 N–H and O–H groups in total. The van der Waals surface area contributed by atoms with Crippen molar-refractivity contribution in [3.8, 4) is 0 Å². The van der Waals surface area contributed by atoms with Gasteiger partial charge in [-0.1, -0.05) is 12.8 Å². The van der Waals surface area contributed by atoms with Crippen molar-refractivity contribution in [2.45, 2.75) is 63.5 Å². The summed E-state index contributed by atoms with van der Waals surface area (Å²) >= 11 is 0. The van der Waals surface area contributed by atoms with Crippen molar-refractivity contribution in [3.63, 3.8) is 0 Å². The van der Waals surface area contributed by atoms with Gasteiger partial charge in [-0.25, -0.2) is 0 Å². The highest BCUT2D eigenvalue weighted by molar-refractivity contribution is 5.03. The van der Waals surface area contributed by atoms with Crippen molar-refractivity contribution in [1.82, 2.24) is 10.2 Å². The second-order valence-corrected chi connectivity index (χ2v) is 6.79. The van der Waals surface area contributed by atoms with E-state index in [-0.39, 0.29) is 0 Å². The van der Waals surface area contributed by atoms with Crippen LogP contribution in [-0.2, 0) is 4.74 Å². The van der Waals surface area contributed by atoms with Crippen molar-refractivity contribution in [3.05, 3.63) is 0 Å². The summed E-state index contributed by atoms with van der Waals surface area (Å²) in [5.41, 5.74) is 0.469. The van der Waals surface area contributed by atoms with Crippen LogP contribution in [0.4, 0.5) is 0 Å². The van der Waals surface area contributed by atoms with Crippen molar-refractivity contribution < 1.29 is 4.74 Å². The zero-order valence-electron chi connectivity index (χ0n) is 12.5. The molecule has 0 aromatic carbocycles. The van der Waals surface area contributed by atoms with Gasteiger partial charge in [-0.05, 0) is 44.9 Å². The van der Waals surface area contributed by atoms with Gasteiger partial charge >= 0.3 is 0 Å². The molecule has 3 heteroatoms. The van der Waals surface area contributed by atoms with E-state index in [2.05, 4.69) is 17.1 Å². The second kappa shape index (κ2) is 6.11. The normalized spacial score (nSPS) is 31.1. The summed E-state index contributed by atoms with van der Waals surface area (Å²) in [7, 11) is 0. The van der Waals surface area contributed by atoms with Crippen LogP contribution in [0.25, 0.3) is 0 Å². The fourth-order valence-corrected chi connectivity index (χ4v) is 4.10. The van der Waals surface area contributed by atoms with Crippen LogP contribution in [0.3, 0.4) is 0 Å². The zero-order valence-corrected chi connectivity index (χ0v) is 12.5. The lowest BCUT2D eigenvalue weighted by atomic mass is 9.91. The van der Waals surface area contributed by atoms with Gasteiger partial charge in [0.1, 0.15) is 0 Å². The maximum absolute atomic E-state index is 5.51. The molecule has 1 atom stereocenters. The smallest absolute Gasteiger partial charge is 0.0478 e. The van der Waals surface area contributed by atoms with Crippen molar-refractivity contribution >= 4 is 0 Å². The van der Waals surface area contributed by atoms with E-state index in [0.717, 1.165) is 25.2 Å². The summed E-state index contributed by atoms with van der Waals surface area (Å²) in [6.07, 6.45) is 9.76. The Morgan fingerprint density at radius 3 is 2.74 bits per heavy atom. The highest BCUT2D eigenvalue weighted by Crippen LogP contribution is 2.40. The summed E-state index contributed by atoms with van der Waals surface area (Å²) in [5.74, 6) is 0.985. The lowest BCUT2D eigenvalue weighted by molar-refractivity contribution is 0.0563. The maximum Gasteiger partial charge on any atom is 0.0478 e. The first kappa shape index (κ1) is 13.8. The molecular formula is C16H30N2O. The molecular weight excluding hydrogens is 236 g/mol. The first-order valence-electron chi connectivity index (χ1n) is 8.40. The van der Waals surface area contributed by atoms with Crippen LogP contribution in [0.15, 0.2) is 0 Å². The van der Waals surface area contributed by atoms with E-state index in [1.54, 1.807) is 0 Å². The summed E-state index contributed by atoms with van der Waals surface area (Å²) < 4.78 is 5.51. The van der Waals surface area contributed by atoms with Crippen LogP contribution in [0.5, 0.6) is 0 Å². The predicted molar refractivity (Wildman–Crippen MR) is 78.4 cm³/mol. The Balaban J connectivity index is 1.54. The summed E-state index contributed by atoms with van der Waals surface area (Å²) in [4.78, 5) is 2.80. The van der Waals surface area contributed by atoms with E-state index in [1.807, 2.05) is 0 Å². The van der Waals surface area contributed by atoms with Crippen molar-refractivity contribution in [1.29, 1.82) is 0 Å². The van der Waals surface area contributed by atoms with E-state index >= 15 is 0 Å². The minimum absolute atomic E-state index is 0.469. The van der Waals surface area contributed by atoms with Crippen LogP contribution in [0.2, 0.25) is 0 Å². The number of hydrogen-bond donors (Lipinski definition) is 1. The Morgan fingerprint density at radius 2 is 2.05 bits per heavy atom. The molecule has 0 bridgehead atoms. The third-order valence-corrected chi connectivity index (χ3v) is 5.33. The first-order chi connectivity index (χ1) is 9.33. The number of nitrogens with zero attached hydrogens (tertiary/aromatic N) is 1. The Bertz CT molecular complexity index is 284. The fourth-order valence-electron chi connectivity index (χ4n) is 4.10. The molecule has 0 aromatic rings. The Kier molecular flexibility index (Phi) is 4.45. The van der Waals surface area contributed by atoms with Crippen LogP contribution in [-0.4, -0.2) is 49.3 Å². The molecule has 1 saturated heterocycles. The second-order valence-electron chi connectivity index (χ2n) is 6.79. The minimum atomic E-state index is 0.469. The SMILES string of the molecule is CCOCCCN1CC2(CCCC2)NCC1C1CC1. The molecule has 3 aliphatic rings. The Labute approximate surface area is 118 Å². The van der Waals surface area contributed by atoms with Gasteiger partial charge in [0.05, 0.1) is 0 Å². The number of hydrogen-bond acceptors (Lipinski definition) is 3. The molecule has 2 aliphatic carbocycles. The quantitative estimate of drug-likeness (QED) is 0.747. The maximum atomic E-state index is 5.51. The van der Waals surface area contributed by atoms with E-state index in [1.165, 1.54) is 64.6 Å². The first-order valence-corrected chi connectivity index (χ1v) is 8.40. The molecule has 0 amide bonds. The van der Waals surface area contributed by atoms with Gasteiger partial charge in [0, 0.05) is 44.4 Å². The van der Waals surface area contributed by atoms with Crippen molar-refractivity contribution in [2.24, 2.45) is 5.92 Å². The molecule has 1 heterocycles. The number of nitrogens with one attached hydrogen (secondary N) is 1. The van der Waals surface area contributed by atoms with Crippen LogP contribution in [0, 0.1) is 5.92 Å². The molecule has 0 radical (unpaired) electrons. The minimum Gasteiger partial charge on any atom is -0.382 e. The standard InChI is InChI=1S/C16H30N2O/c1-2-19-11-5-10-18-13-16(8-3-4-9-16)17-12-15(18)14-6-7-14/h14-15,17H,2-13H2,1H3. The molecule has 3 fully saturated rings.